The molecular weight excluding hydrogens is 314 g/mol. The molecular formula is C16H25N3O3S. The highest BCUT2D eigenvalue weighted by Gasteiger charge is 2.24. The molecule has 23 heavy (non-hydrogen) atoms. The molecule has 1 aromatic rings. The summed E-state index contributed by atoms with van der Waals surface area (Å²) in [5.41, 5.74) is 2.45. The third kappa shape index (κ3) is 4.53. The lowest BCUT2D eigenvalue weighted by atomic mass is 9.94. The maximum absolute atomic E-state index is 12.1. The Morgan fingerprint density at radius 1 is 1.30 bits per heavy atom. The minimum atomic E-state index is -3.53. The second-order valence-corrected chi connectivity index (χ2v) is 7.57. The SMILES string of the molecule is CCN(CC)S(=O)(=O)CC(=O)NCC1NCCc2ccccc21. The third-order valence-corrected chi connectivity index (χ3v) is 6.06. The molecule has 0 spiro atoms. The van der Waals surface area contributed by atoms with Gasteiger partial charge in [0, 0.05) is 25.7 Å². The quantitative estimate of drug-likeness (QED) is 0.765. The minimum Gasteiger partial charge on any atom is -0.353 e. The van der Waals surface area contributed by atoms with E-state index < -0.39 is 21.7 Å². The fourth-order valence-corrected chi connectivity index (χ4v) is 4.32. The summed E-state index contributed by atoms with van der Waals surface area (Å²) < 4.78 is 25.5. The summed E-state index contributed by atoms with van der Waals surface area (Å²) in [4.78, 5) is 12.0. The van der Waals surface area contributed by atoms with Crippen LogP contribution in [0.1, 0.15) is 31.0 Å². The first kappa shape index (κ1) is 17.9. The van der Waals surface area contributed by atoms with E-state index in [4.69, 9.17) is 0 Å². The van der Waals surface area contributed by atoms with Gasteiger partial charge >= 0.3 is 0 Å². The topological polar surface area (TPSA) is 78.5 Å². The van der Waals surface area contributed by atoms with Crippen LogP contribution in [-0.4, -0.2) is 50.6 Å². The van der Waals surface area contributed by atoms with Crippen molar-refractivity contribution in [3.05, 3.63) is 35.4 Å². The zero-order valence-corrected chi connectivity index (χ0v) is 14.5. The van der Waals surface area contributed by atoms with Crippen LogP contribution in [0.25, 0.3) is 0 Å². The fourth-order valence-electron chi connectivity index (χ4n) is 2.92. The molecule has 1 heterocycles. The highest BCUT2D eigenvalue weighted by molar-refractivity contribution is 7.89. The normalized spacial score (nSPS) is 17.8. The lowest BCUT2D eigenvalue weighted by molar-refractivity contribution is -0.118. The molecule has 1 atom stereocenters. The first-order chi connectivity index (χ1) is 11.0. The smallest absolute Gasteiger partial charge is 0.236 e. The summed E-state index contributed by atoms with van der Waals surface area (Å²) in [6.07, 6.45) is 0.969. The number of nitrogens with one attached hydrogen (secondary N) is 2. The average molecular weight is 339 g/mol. The lowest BCUT2D eigenvalue weighted by Crippen LogP contribution is -2.43. The van der Waals surface area contributed by atoms with E-state index in [-0.39, 0.29) is 6.04 Å². The van der Waals surface area contributed by atoms with Crippen molar-refractivity contribution >= 4 is 15.9 Å². The van der Waals surface area contributed by atoms with E-state index in [1.807, 2.05) is 18.2 Å². The highest BCUT2D eigenvalue weighted by Crippen LogP contribution is 2.21. The predicted octanol–water partition coefficient (Wildman–Crippen LogP) is 0.661. The summed E-state index contributed by atoms with van der Waals surface area (Å²) in [5, 5.41) is 6.11. The fraction of sp³-hybridized carbons (Fsp3) is 0.562. The van der Waals surface area contributed by atoms with Crippen LogP contribution in [0.2, 0.25) is 0 Å². The van der Waals surface area contributed by atoms with Gasteiger partial charge in [0.1, 0.15) is 5.75 Å². The Hall–Kier alpha value is -1.44. The van der Waals surface area contributed by atoms with E-state index in [0.717, 1.165) is 13.0 Å². The third-order valence-electron chi connectivity index (χ3n) is 4.13. The van der Waals surface area contributed by atoms with Crippen molar-refractivity contribution in [3.8, 4) is 0 Å². The number of sulfonamides is 1. The van der Waals surface area contributed by atoms with E-state index in [9.17, 15) is 13.2 Å². The summed E-state index contributed by atoms with van der Waals surface area (Å²) in [6, 6.07) is 8.16. The molecule has 1 aliphatic heterocycles. The van der Waals surface area contributed by atoms with E-state index in [0.29, 0.717) is 19.6 Å². The van der Waals surface area contributed by atoms with Crippen molar-refractivity contribution in [1.29, 1.82) is 0 Å². The number of carbonyl (C=O) groups is 1. The Bertz CT molecular complexity index is 642. The second-order valence-electron chi connectivity index (χ2n) is 5.60. The maximum atomic E-state index is 12.1. The van der Waals surface area contributed by atoms with Crippen LogP contribution < -0.4 is 10.6 Å². The van der Waals surface area contributed by atoms with Gasteiger partial charge in [0.2, 0.25) is 15.9 Å². The zero-order valence-electron chi connectivity index (χ0n) is 13.7. The first-order valence-corrected chi connectivity index (χ1v) is 9.64. The Balaban J connectivity index is 1.93. The number of rotatable bonds is 7. The van der Waals surface area contributed by atoms with Crippen LogP contribution in [0.5, 0.6) is 0 Å². The molecule has 2 rings (SSSR count). The Kier molecular flexibility index (Phi) is 6.15. The predicted molar refractivity (Wildman–Crippen MR) is 90.6 cm³/mol. The van der Waals surface area contributed by atoms with Crippen molar-refractivity contribution in [1.82, 2.24) is 14.9 Å². The standard InChI is InChI=1S/C16H25N3O3S/c1-3-19(4-2)23(21,22)12-16(20)18-11-15-14-8-6-5-7-13(14)9-10-17-15/h5-8,15,17H,3-4,9-12H2,1-2H3,(H,18,20). The van der Waals surface area contributed by atoms with E-state index >= 15 is 0 Å². The van der Waals surface area contributed by atoms with Gasteiger partial charge in [0.15, 0.2) is 0 Å². The van der Waals surface area contributed by atoms with Crippen molar-refractivity contribution in [2.24, 2.45) is 0 Å². The molecule has 0 saturated heterocycles. The van der Waals surface area contributed by atoms with Gasteiger partial charge in [-0.25, -0.2) is 12.7 Å². The molecule has 0 radical (unpaired) electrons. The average Bonchev–Trinajstić information content (AvgIpc) is 2.53. The molecule has 1 unspecified atom stereocenters. The molecule has 6 nitrogen and oxygen atoms in total. The number of amides is 1. The summed E-state index contributed by atoms with van der Waals surface area (Å²) in [5.74, 6) is -0.954. The molecule has 2 N–H and O–H groups in total. The van der Waals surface area contributed by atoms with Crippen LogP contribution >= 0.6 is 0 Å². The van der Waals surface area contributed by atoms with Gasteiger partial charge in [-0.3, -0.25) is 4.79 Å². The van der Waals surface area contributed by atoms with Gasteiger partial charge in [-0.05, 0) is 24.1 Å². The summed E-state index contributed by atoms with van der Waals surface area (Å²) in [7, 11) is -3.53. The lowest BCUT2D eigenvalue weighted by Gasteiger charge is -2.27. The molecule has 1 amide bonds. The molecule has 0 aromatic heterocycles. The van der Waals surface area contributed by atoms with Crippen molar-refractivity contribution in [2.75, 3.05) is 31.9 Å². The number of hydrogen-bond acceptors (Lipinski definition) is 4. The van der Waals surface area contributed by atoms with Crippen molar-refractivity contribution in [3.63, 3.8) is 0 Å². The Morgan fingerprint density at radius 3 is 2.70 bits per heavy atom. The van der Waals surface area contributed by atoms with Gasteiger partial charge in [0.05, 0.1) is 0 Å². The monoisotopic (exact) mass is 339 g/mol. The first-order valence-electron chi connectivity index (χ1n) is 8.03. The molecule has 128 valence electrons. The van der Waals surface area contributed by atoms with Crippen molar-refractivity contribution < 1.29 is 13.2 Å². The minimum absolute atomic E-state index is 0.0278. The molecule has 1 aliphatic rings. The van der Waals surface area contributed by atoms with Gasteiger partial charge in [-0.2, -0.15) is 0 Å². The Labute approximate surface area is 138 Å². The highest BCUT2D eigenvalue weighted by atomic mass is 32.2. The van der Waals surface area contributed by atoms with Crippen LogP contribution in [0.3, 0.4) is 0 Å². The zero-order chi connectivity index (χ0) is 16.9. The van der Waals surface area contributed by atoms with Crippen molar-refractivity contribution in [2.45, 2.75) is 26.3 Å². The van der Waals surface area contributed by atoms with Crippen LogP contribution in [0, 0.1) is 0 Å². The number of nitrogens with zero attached hydrogens (tertiary/aromatic N) is 1. The second kappa shape index (κ2) is 7.90. The number of hydrogen-bond donors (Lipinski definition) is 2. The number of carbonyl (C=O) groups excluding carboxylic acids is 1. The van der Waals surface area contributed by atoms with Crippen LogP contribution in [0.4, 0.5) is 0 Å². The van der Waals surface area contributed by atoms with Gasteiger partial charge < -0.3 is 10.6 Å². The van der Waals surface area contributed by atoms with Gasteiger partial charge in [-0.15, -0.1) is 0 Å². The summed E-state index contributed by atoms with van der Waals surface area (Å²) >= 11 is 0. The number of benzene rings is 1. The van der Waals surface area contributed by atoms with Crippen LogP contribution in [0.15, 0.2) is 24.3 Å². The van der Waals surface area contributed by atoms with E-state index in [1.54, 1.807) is 13.8 Å². The maximum Gasteiger partial charge on any atom is 0.236 e. The Morgan fingerprint density at radius 2 is 2.00 bits per heavy atom. The summed E-state index contributed by atoms with van der Waals surface area (Å²) in [6.45, 7) is 5.54. The largest absolute Gasteiger partial charge is 0.353 e. The molecule has 0 bridgehead atoms. The molecule has 7 heteroatoms. The van der Waals surface area contributed by atoms with Gasteiger partial charge in [0.25, 0.3) is 0 Å². The van der Waals surface area contributed by atoms with E-state index in [2.05, 4.69) is 16.7 Å². The molecule has 0 saturated carbocycles. The van der Waals surface area contributed by atoms with Gasteiger partial charge in [-0.1, -0.05) is 38.1 Å². The molecule has 1 aromatic carbocycles. The molecule has 0 fully saturated rings. The van der Waals surface area contributed by atoms with Crippen LogP contribution in [-0.2, 0) is 21.2 Å². The molecule has 0 aliphatic carbocycles. The number of fused-ring (bicyclic) bond motifs is 1. The van der Waals surface area contributed by atoms with E-state index in [1.165, 1.54) is 15.4 Å².